The van der Waals surface area contributed by atoms with Gasteiger partial charge in [0.15, 0.2) is 0 Å². The SMILES string of the molecule is O=CC=Cc1cc(Cl)cc(C(F)(F)F)c1. The van der Waals surface area contributed by atoms with Crippen molar-refractivity contribution in [1.82, 2.24) is 0 Å². The van der Waals surface area contributed by atoms with Gasteiger partial charge in [-0.2, -0.15) is 13.2 Å². The summed E-state index contributed by atoms with van der Waals surface area (Å²) in [5.74, 6) is 0. The fourth-order valence-corrected chi connectivity index (χ4v) is 1.27. The van der Waals surface area contributed by atoms with Gasteiger partial charge in [0.1, 0.15) is 6.29 Å². The molecule has 0 bridgehead atoms. The quantitative estimate of drug-likeness (QED) is 0.565. The highest BCUT2D eigenvalue weighted by Gasteiger charge is 2.30. The van der Waals surface area contributed by atoms with E-state index in [-0.39, 0.29) is 10.6 Å². The molecule has 0 atom stereocenters. The Balaban J connectivity index is 3.16. The van der Waals surface area contributed by atoms with Crippen LogP contribution in [0.5, 0.6) is 0 Å². The van der Waals surface area contributed by atoms with Crippen molar-refractivity contribution in [3.05, 3.63) is 40.4 Å². The molecule has 0 heterocycles. The maximum Gasteiger partial charge on any atom is 0.416 e. The van der Waals surface area contributed by atoms with Gasteiger partial charge in [0.2, 0.25) is 0 Å². The van der Waals surface area contributed by atoms with E-state index >= 15 is 0 Å². The van der Waals surface area contributed by atoms with Crippen LogP contribution in [0.3, 0.4) is 0 Å². The lowest BCUT2D eigenvalue weighted by molar-refractivity contribution is -0.137. The summed E-state index contributed by atoms with van der Waals surface area (Å²) in [6.07, 6.45) is -1.59. The van der Waals surface area contributed by atoms with Gasteiger partial charge in [-0.05, 0) is 29.8 Å². The first-order chi connectivity index (χ1) is 6.93. The lowest BCUT2D eigenvalue weighted by Gasteiger charge is -2.07. The average Bonchev–Trinajstić information content (AvgIpc) is 2.12. The van der Waals surface area contributed by atoms with Crippen LogP contribution in [0.2, 0.25) is 5.02 Å². The minimum atomic E-state index is -4.44. The number of benzene rings is 1. The van der Waals surface area contributed by atoms with Crippen LogP contribution in [0.4, 0.5) is 13.2 Å². The molecule has 0 saturated heterocycles. The van der Waals surface area contributed by atoms with Gasteiger partial charge in [-0.1, -0.05) is 17.7 Å². The van der Waals surface area contributed by atoms with Crippen molar-refractivity contribution in [3.8, 4) is 0 Å². The van der Waals surface area contributed by atoms with E-state index in [2.05, 4.69) is 0 Å². The molecule has 1 nitrogen and oxygen atoms in total. The molecule has 0 aliphatic heterocycles. The number of hydrogen-bond donors (Lipinski definition) is 0. The first-order valence-corrected chi connectivity index (χ1v) is 4.31. The normalized spacial score (nSPS) is 12.0. The largest absolute Gasteiger partial charge is 0.416 e. The van der Waals surface area contributed by atoms with Gasteiger partial charge in [-0.3, -0.25) is 4.79 Å². The van der Waals surface area contributed by atoms with Crippen molar-refractivity contribution in [3.63, 3.8) is 0 Å². The van der Waals surface area contributed by atoms with E-state index in [4.69, 9.17) is 11.6 Å². The minimum Gasteiger partial charge on any atom is -0.299 e. The molecule has 0 aliphatic rings. The molecule has 0 aliphatic carbocycles. The Morgan fingerprint density at radius 3 is 2.40 bits per heavy atom. The van der Waals surface area contributed by atoms with Gasteiger partial charge in [0, 0.05) is 5.02 Å². The fourth-order valence-electron chi connectivity index (χ4n) is 1.02. The molecule has 0 amide bonds. The van der Waals surface area contributed by atoms with Crippen molar-refractivity contribution in [1.29, 1.82) is 0 Å². The number of allylic oxidation sites excluding steroid dienone is 1. The zero-order valence-electron chi connectivity index (χ0n) is 7.38. The van der Waals surface area contributed by atoms with Crippen molar-refractivity contribution < 1.29 is 18.0 Å². The molecule has 0 aromatic heterocycles. The first kappa shape index (κ1) is 11.8. The highest BCUT2D eigenvalue weighted by atomic mass is 35.5. The van der Waals surface area contributed by atoms with E-state index in [1.807, 2.05) is 0 Å². The van der Waals surface area contributed by atoms with Gasteiger partial charge in [-0.25, -0.2) is 0 Å². The first-order valence-electron chi connectivity index (χ1n) is 3.93. The molecule has 5 heteroatoms. The van der Waals surface area contributed by atoms with Crippen molar-refractivity contribution in [2.24, 2.45) is 0 Å². The Labute approximate surface area is 89.2 Å². The Hall–Kier alpha value is -1.29. The van der Waals surface area contributed by atoms with E-state index in [1.165, 1.54) is 12.1 Å². The Morgan fingerprint density at radius 1 is 1.20 bits per heavy atom. The molecule has 80 valence electrons. The second-order valence-corrected chi connectivity index (χ2v) is 3.20. The molecule has 1 aromatic rings. The summed E-state index contributed by atoms with van der Waals surface area (Å²) < 4.78 is 37.0. The Morgan fingerprint density at radius 2 is 1.87 bits per heavy atom. The van der Waals surface area contributed by atoms with Crippen LogP contribution >= 0.6 is 11.6 Å². The minimum absolute atomic E-state index is 0.0182. The van der Waals surface area contributed by atoms with Gasteiger partial charge in [0.25, 0.3) is 0 Å². The molecule has 0 N–H and O–H groups in total. The number of aldehydes is 1. The summed E-state index contributed by atoms with van der Waals surface area (Å²) >= 11 is 5.51. The third kappa shape index (κ3) is 3.40. The maximum absolute atomic E-state index is 12.3. The summed E-state index contributed by atoms with van der Waals surface area (Å²) in [6, 6.07) is 3.10. The third-order valence-electron chi connectivity index (χ3n) is 1.61. The predicted octanol–water partition coefficient (Wildman–Crippen LogP) is 3.57. The topological polar surface area (TPSA) is 17.1 Å². The molecule has 0 fully saturated rings. The molecule has 1 aromatic carbocycles. The molecule has 15 heavy (non-hydrogen) atoms. The zero-order chi connectivity index (χ0) is 11.5. The number of rotatable bonds is 2. The number of carbonyl (C=O) groups excluding carboxylic acids is 1. The summed E-state index contributed by atoms with van der Waals surface area (Å²) in [4.78, 5) is 10.0. The number of halogens is 4. The van der Waals surface area contributed by atoms with Crippen LogP contribution in [-0.2, 0) is 11.0 Å². The van der Waals surface area contributed by atoms with Crippen LogP contribution in [0, 0.1) is 0 Å². The Bertz CT molecular complexity index is 396. The summed E-state index contributed by atoms with van der Waals surface area (Å²) in [7, 11) is 0. The molecule has 0 saturated carbocycles. The van der Waals surface area contributed by atoms with Crippen molar-refractivity contribution in [2.45, 2.75) is 6.18 Å². The summed E-state index contributed by atoms with van der Waals surface area (Å²) in [5.41, 5.74) is -0.595. The monoisotopic (exact) mass is 234 g/mol. The lowest BCUT2D eigenvalue weighted by Crippen LogP contribution is -2.04. The number of carbonyl (C=O) groups is 1. The third-order valence-corrected chi connectivity index (χ3v) is 1.83. The van der Waals surface area contributed by atoms with Crippen molar-refractivity contribution in [2.75, 3.05) is 0 Å². The van der Waals surface area contributed by atoms with E-state index < -0.39 is 11.7 Å². The average molecular weight is 235 g/mol. The van der Waals surface area contributed by atoms with Gasteiger partial charge in [0.05, 0.1) is 5.56 Å². The summed E-state index contributed by atoms with van der Waals surface area (Å²) in [5, 5.41) is -0.0182. The van der Waals surface area contributed by atoms with Gasteiger partial charge in [-0.15, -0.1) is 0 Å². The standard InChI is InChI=1S/C10H6ClF3O/c11-9-5-7(2-1-3-15)4-8(6-9)10(12,13)14/h1-6H. The molecule has 0 spiro atoms. The van der Waals surface area contributed by atoms with E-state index in [0.717, 1.165) is 18.2 Å². The number of hydrogen-bond acceptors (Lipinski definition) is 1. The van der Waals surface area contributed by atoms with E-state index in [0.29, 0.717) is 6.29 Å². The second kappa shape index (κ2) is 4.49. The van der Waals surface area contributed by atoms with Gasteiger partial charge >= 0.3 is 6.18 Å². The smallest absolute Gasteiger partial charge is 0.299 e. The van der Waals surface area contributed by atoms with E-state index in [1.54, 1.807) is 0 Å². The highest BCUT2D eigenvalue weighted by molar-refractivity contribution is 6.30. The molecular formula is C10H6ClF3O. The van der Waals surface area contributed by atoms with Crippen LogP contribution in [0.25, 0.3) is 6.08 Å². The van der Waals surface area contributed by atoms with Crippen molar-refractivity contribution >= 4 is 24.0 Å². The molecule has 0 radical (unpaired) electrons. The van der Waals surface area contributed by atoms with Crippen LogP contribution in [-0.4, -0.2) is 6.29 Å². The van der Waals surface area contributed by atoms with E-state index in [9.17, 15) is 18.0 Å². The fraction of sp³-hybridized carbons (Fsp3) is 0.100. The maximum atomic E-state index is 12.3. The molecule has 0 unspecified atom stereocenters. The molecule has 1 rings (SSSR count). The number of alkyl halides is 3. The van der Waals surface area contributed by atoms with Crippen LogP contribution < -0.4 is 0 Å². The lowest BCUT2D eigenvalue weighted by atomic mass is 10.1. The highest BCUT2D eigenvalue weighted by Crippen LogP contribution is 2.32. The predicted molar refractivity (Wildman–Crippen MR) is 51.6 cm³/mol. The summed E-state index contributed by atoms with van der Waals surface area (Å²) in [6.45, 7) is 0. The zero-order valence-corrected chi connectivity index (χ0v) is 8.14. The van der Waals surface area contributed by atoms with Crippen LogP contribution in [0.1, 0.15) is 11.1 Å². The molecular weight excluding hydrogens is 229 g/mol. The van der Waals surface area contributed by atoms with Gasteiger partial charge < -0.3 is 0 Å². The Kier molecular flexibility index (Phi) is 3.52. The second-order valence-electron chi connectivity index (χ2n) is 2.77. The van der Waals surface area contributed by atoms with Crippen LogP contribution in [0.15, 0.2) is 24.3 Å².